The Bertz CT molecular complexity index is 833. The molecule has 0 aliphatic heterocycles. The second-order valence-corrected chi connectivity index (χ2v) is 5.90. The van der Waals surface area contributed by atoms with Crippen molar-refractivity contribution >= 4 is 34.6 Å². The highest BCUT2D eigenvalue weighted by Crippen LogP contribution is 2.26. The van der Waals surface area contributed by atoms with Crippen LogP contribution in [0.5, 0.6) is 0 Å². The molecule has 0 fully saturated rings. The topological polar surface area (TPSA) is 75.9 Å². The van der Waals surface area contributed by atoms with Gasteiger partial charge in [0.2, 0.25) is 0 Å². The van der Waals surface area contributed by atoms with Gasteiger partial charge in [0.1, 0.15) is 12.0 Å². The first-order valence-corrected chi connectivity index (χ1v) is 7.92. The Labute approximate surface area is 145 Å². The summed E-state index contributed by atoms with van der Waals surface area (Å²) >= 11 is 5.89. The number of aryl methyl sites for hydroxylation is 1. The monoisotopic (exact) mass is 339 g/mol. The Morgan fingerprint density at radius 1 is 1.04 bits per heavy atom. The summed E-state index contributed by atoms with van der Waals surface area (Å²) in [5.74, 6) is 1.17. The summed E-state index contributed by atoms with van der Waals surface area (Å²) in [6.45, 7) is 2.63. The van der Waals surface area contributed by atoms with Crippen LogP contribution in [0.15, 0.2) is 54.9 Å². The Hall–Kier alpha value is -2.79. The number of nitrogens with two attached hydrogens (primary N) is 1. The fourth-order valence-electron chi connectivity index (χ4n) is 2.28. The van der Waals surface area contributed by atoms with Crippen LogP contribution in [0.2, 0.25) is 5.02 Å². The van der Waals surface area contributed by atoms with Gasteiger partial charge in [0.15, 0.2) is 11.6 Å². The van der Waals surface area contributed by atoms with Gasteiger partial charge in [-0.2, -0.15) is 0 Å². The molecule has 0 atom stereocenters. The number of benzene rings is 2. The van der Waals surface area contributed by atoms with Crippen molar-refractivity contribution in [1.82, 2.24) is 9.97 Å². The first-order chi connectivity index (χ1) is 11.6. The molecule has 4 N–H and O–H groups in total. The van der Waals surface area contributed by atoms with Crippen LogP contribution in [0.1, 0.15) is 11.1 Å². The normalized spacial score (nSPS) is 10.4. The maximum Gasteiger partial charge on any atom is 0.159 e. The molecule has 3 rings (SSSR count). The summed E-state index contributed by atoms with van der Waals surface area (Å²) in [5, 5.41) is 7.17. The fraction of sp³-hybridized carbons (Fsp3) is 0.111. The predicted molar refractivity (Wildman–Crippen MR) is 99.7 cm³/mol. The standard InChI is InChI=1S/C18H18ClN5/c1-12-3-2-4-15(9-12)24-18-16(20)17(22-11-23-18)21-10-13-5-7-14(19)8-6-13/h2-9,11H,10,20H2,1H3,(H2,21,22,23,24). The van der Waals surface area contributed by atoms with Gasteiger partial charge < -0.3 is 16.4 Å². The molecule has 6 heteroatoms. The van der Waals surface area contributed by atoms with Crippen LogP contribution in [0.4, 0.5) is 23.0 Å². The third kappa shape index (κ3) is 3.94. The molecule has 0 bridgehead atoms. The highest BCUT2D eigenvalue weighted by molar-refractivity contribution is 6.30. The van der Waals surface area contributed by atoms with Gasteiger partial charge in [0.25, 0.3) is 0 Å². The summed E-state index contributed by atoms with van der Waals surface area (Å²) in [7, 11) is 0. The van der Waals surface area contributed by atoms with Crippen molar-refractivity contribution in [2.45, 2.75) is 13.5 Å². The van der Waals surface area contributed by atoms with Crippen LogP contribution >= 0.6 is 11.6 Å². The van der Waals surface area contributed by atoms with Gasteiger partial charge in [-0.15, -0.1) is 0 Å². The van der Waals surface area contributed by atoms with E-state index in [1.165, 1.54) is 6.33 Å². The van der Waals surface area contributed by atoms with Crippen molar-refractivity contribution in [3.05, 3.63) is 71.0 Å². The number of nitrogen functional groups attached to an aromatic ring is 1. The molecule has 0 saturated heterocycles. The molecular weight excluding hydrogens is 322 g/mol. The van der Waals surface area contributed by atoms with Crippen LogP contribution in [0.25, 0.3) is 0 Å². The average molecular weight is 340 g/mol. The molecule has 0 radical (unpaired) electrons. The summed E-state index contributed by atoms with van der Waals surface area (Å²) < 4.78 is 0. The molecule has 24 heavy (non-hydrogen) atoms. The average Bonchev–Trinajstić information content (AvgIpc) is 2.57. The van der Waals surface area contributed by atoms with E-state index >= 15 is 0 Å². The van der Waals surface area contributed by atoms with E-state index in [1.54, 1.807) is 0 Å². The SMILES string of the molecule is Cc1cccc(Nc2ncnc(NCc3ccc(Cl)cc3)c2N)c1. The number of rotatable bonds is 5. The number of halogens is 1. The number of nitrogens with one attached hydrogen (secondary N) is 2. The molecule has 0 saturated carbocycles. The van der Waals surface area contributed by atoms with Gasteiger partial charge in [-0.05, 0) is 42.3 Å². The van der Waals surface area contributed by atoms with Crippen LogP contribution in [0.3, 0.4) is 0 Å². The number of anilines is 4. The molecule has 0 amide bonds. The molecule has 0 unspecified atom stereocenters. The minimum Gasteiger partial charge on any atom is -0.393 e. The van der Waals surface area contributed by atoms with Crippen molar-refractivity contribution < 1.29 is 0 Å². The molecule has 0 spiro atoms. The Balaban J connectivity index is 1.74. The summed E-state index contributed by atoms with van der Waals surface area (Å²) in [6, 6.07) is 15.6. The fourth-order valence-corrected chi connectivity index (χ4v) is 2.41. The molecule has 0 aliphatic rings. The van der Waals surface area contributed by atoms with E-state index in [4.69, 9.17) is 17.3 Å². The second kappa shape index (κ2) is 7.19. The summed E-state index contributed by atoms with van der Waals surface area (Å²) in [5.41, 5.74) is 9.85. The highest BCUT2D eigenvalue weighted by Gasteiger charge is 2.08. The minimum atomic E-state index is 0.480. The highest BCUT2D eigenvalue weighted by atomic mass is 35.5. The third-order valence-electron chi connectivity index (χ3n) is 3.54. The van der Waals surface area contributed by atoms with Gasteiger partial charge in [-0.3, -0.25) is 0 Å². The van der Waals surface area contributed by atoms with Crippen LogP contribution in [0, 0.1) is 6.92 Å². The molecular formula is C18H18ClN5. The van der Waals surface area contributed by atoms with Crippen molar-refractivity contribution in [2.75, 3.05) is 16.4 Å². The van der Waals surface area contributed by atoms with E-state index in [0.29, 0.717) is 28.9 Å². The van der Waals surface area contributed by atoms with Gasteiger partial charge in [-0.25, -0.2) is 9.97 Å². The minimum absolute atomic E-state index is 0.480. The maximum absolute atomic E-state index is 6.19. The Morgan fingerprint density at radius 3 is 2.54 bits per heavy atom. The van der Waals surface area contributed by atoms with Gasteiger partial charge >= 0.3 is 0 Å². The van der Waals surface area contributed by atoms with Crippen molar-refractivity contribution in [3.8, 4) is 0 Å². The van der Waals surface area contributed by atoms with Gasteiger partial charge in [0.05, 0.1) is 0 Å². The molecule has 122 valence electrons. The van der Waals surface area contributed by atoms with Crippen molar-refractivity contribution in [1.29, 1.82) is 0 Å². The lowest BCUT2D eigenvalue weighted by molar-refractivity contribution is 1.09. The predicted octanol–water partition coefficient (Wildman–Crippen LogP) is 4.38. The molecule has 2 aromatic carbocycles. The van der Waals surface area contributed by atoms with E-state index < -0.39 is 0 Å². The van der Waals surface area contributed by atoms with Crippen molar-refractivity contribution in [2.24, 2.45) is 0 Å². The van der Waals surface area contributed by atoms with E-state index in [9.17, 15) is 0 Å². The molecule has 1 heterocycles. The lowest BCUT2D eigenvalue weighted by atomic mass is 10.2. The zero-order valence-corrected chi connectivity index (χ0v) is 14.0. The lowest BCUT2D eigenvalue weighted by Crippen LogP contribution is -2.08. The molecule has 1 aromatic heterocycles. The molecule has 0 aliphatic carbocycles. The lowest BCUT2D eigenvalue weighted by Gasteiger charge is -2.13. The van der Waals surface area contributed by atoms with Crippen LogP contribution < -0.4 is 16.4 Å². The third-order valence-corrected chi connectivity index (χ3v) is 3.79. The van der Waals surface area contributed by atoms with E-state index in [1.807, 2.05) is 55.5 Å². The zero-order chi connectivity index (χ0) is 16.9. The summed E-state index contributed by atoms with van der Waals surface area (Å²) in [4.78, 5) is 8.44. The molecule has 3 aromatic rings. The van der Waals surface area contributed by atoms with E-state index in [0.717, 1.165) is 16.8 Å². The van der Waals surface area contributed by atoms with Gasteiger partial charge in [0, 0.05) is 17.3 Å². The number of nitrogens with zero attached hydrogens (tertiary/aromatic N) is 2. The Kier molecular flexibility index (Phi) is 4.82. The van der Waals surface area contributed by atoms with Gasteiger partial charge in [-0.1, -0.05) is 35.9 Å². The smallest absolute Gasteiger partial charge is 0.159 e. The number of hydrogen-bond acceptors (Lipinski definition) is 5. The second-order valence-electron chi connectivity index (χ2n) is 5.46. The van der Waals surface area contributed by atoms with Crippen LogP contribution in [-0.4, -0.2) is 9.97 Å². The van der Waals surface area contributed by atoms with E-state index in [-0.39, 0.29) is 0 Å². The number of aromatic nitrogens is 2. The maximum atomic E-state index is 6.19. The van der Waals surface area contributed by atoms with Crippen molar-refractivity contribution in [3.63, 3.8) is 0 Å². The zero-order valence-electron chi connectivity index (χ0n) is 13.3. The number of hydrogen-bond donors (Lipinski definition) is 3. The Morgan fingerprint density at radius 2 is 1.79 bits per heavy atom. The quantitative estimate of drug-likeness (QED) is 0.643. The van der Waals surface area contributed by atoms with Crippen LogP contribution in [-0.2, 0) is 6.54 Å². The first-order valence-electron chi connectivity index (χ1n) is 7.54. The largest absolute Gasteiger partial charge is 0.393 e. The molecule has 5 nitrogen and oxygen atoms in total. The first kappa shape index (κ1) is 16.1. The van der Waals surface area contributed by atoms with E-state index in [2.05, 4.69) is 20.6 Å². The summed E-state index contributed by atoms with van der Waals surface area (Å²) in [6.07, 6.45) is 1.48.